The Morgan fingerprint density at radius 2 is 2.16 bits per heavy atom. The summed E-state index contributed by atoms with van der Waals surface area (Å²) in [5.41, 5.74) is 1.41. The van der Waals surface area contributed by atoms with Gasteiger partial charge in [-0.3, -0.25) is 9.78 Å². The Labute approximate surface area is 112 Å². The molecule has 1 atom stereocenters. The Balaban J connectivity index is 2.19. The molecule has 5 heteroatoms. The molecule has 0 radical (unpaired) electrons. The van der Waals surface area contributed by atoms with Crippen LogP contribution in [-0.2, 0) is 7.05 Å². The summed E-state index contributed by atoms with van der Waals surface area (Å²) in [4.78, 5) is 20.5. The second-order valence-corrected chi connectivity index (χ2v) is 4.84. The van der Waals surface area contributed by atoms with Crippen LogP contribution >= 0.6 is 0 Å². The van der Waals surface area contributed by atoms with E-state index in [9.17, 15) is 4.79 Å². The van der Waals surface area contributed by atoms with Crippen molar-refractivity contribution in [3.8, 4) is 0 Å². The minimum absolute atomic E-state index is 0.108. The van der Waals surface area contributed by atoms with Crippen molar-refractivity contribution in [2.24, 2.45) is 13.0 Å². The highest BCUT2D eigenvalue weighted by Crippen LogP contribution is 2.19. The number of hydrogen-bond donors (Lipinski definition) is 1. The van der Waals surface area contributed by atoms with Crippen LogP contribution in [0.1, 0.15) is 36.1 Å². The Hall–Kier alpha value is -2.17. The van der Waals surface area contributed by atoms with Crippen LogP contribution in [0.25, 0.3) is 0 Å². The Morgan fingerprint density at radius 1 is 1.37 bits per heavy atom. The molecular weight excluding hydrogens is 240 g/mol. The van der Waals surface area contributed by atoms with Crippen LogP contribution in [0.4, 0.5) is 0 Å². The molecule has 0 aromatic carbocycles. The summed E-state index contributed by atoms with van der Waals surface area (Å²) in [7, 11) is 1.80. The molecule has 0 aliphatic heterocycles. The number of carbonyl (C=O) groups excluding carboxylic acids is 1. The number of rotatable bonds is 4. The van der Waals surface area contributed by atoms with Gasteiger partial charge in [0.15, 0.2) is 0 Å². The quantitative estimate of drug-likeness (QED) is 0.911. The third-order valence-electron chi connectivity index (χ3n) is 3.01. The van der Waals surface area contributed by atoms with E-state index in [-0.39, 0.29) is 17.9 Å². The number of carbonyl (C=O) groups is 1. The summed E-state index contributed by atoms with van der Waals surface area (Å²) in [5, 5.41) is 3.01. The van der Waals surface area contributed by atoms with E-state index in [1.54, 1.807) is 30.3 Å². The number of amides is 1. The molecule has 2 aromatic rings. The van der Waals surface area contributed by atoms with Crippen molar-refractivity contribution in [1.82, 2.24) is 19.9 Å². The molecule has 0 saturated heterocycles. The number of pyridine rings is 1. The van der Waals surface area contributed by atoms with Crippen LogP contribution in [0.3, 0.4) is 0 Å². The Kier molecular flexibility index (Phi) is 3.94. The van der Waals surface area contributed by atoms with Gasteiger partial charge in [0.25, 0.3) is 5.91 Å². The first kappa shape index (κ1) is 13.3. The number of hydrogen-bond acceptors (Lipinski definition) is 3. The molecule has 0 aliphatic carbocycles. The van der Waals surface area contributed by atoms with Gasteiger partial charge in [0, 0.05) is 13.2 Å². The van der Waals surface area contributed by atoms with Crippen molar-refractivity contribution in [3.05, 3.63) is 48.3 Å². The molecule has 19 heavy (non-hydrogen) atoms. The van der Waals surface area contributed by atoms with E-state index < -0.39 is 0 Å². The highest BCUT2D eigenvalue weighted by atomic mass is 16.2. The zero-order valence-electron chi connectivity index (χ0n) is 11.4. The van der Waals surface area contributed by atoms with Crippen LogP contribution in [0, 0.1) is 5.92 Å². The normalized spacial score (nSPS) is 12.4. The first-order valence-electron chi connectivity index (χ1n) is 6.27. The second kappa shape index (κ2) is 5.65. The molecule has 0 unspecified atom stereocenters. The number of nitrogens with one attached hydrogen (secondary N) is 1. The van der Waals surface area contributed by atoms with Gasteiger partial charge in [-0.1, -0.05) is 19.9 Å². The van der Waals surface area contributed by atoms with Gasteiger partial charge >= 0.3 is 0 Å². The predicted molar refractivity (Wildman–Crippen MR) is 72.5 cm³/mol. The lowest BCUT2D eigenvalue weighted by molar-refractivity contribution is 0.0916. The minimum atomic E-state index is -0.135. The minimum Gasteiger partial charge on any atom is -0.342 e. The number of imidazole rings is 1. The topological polar surface area (TPSA) is 59.8 Å². The van der Waals surface area contributed by atoms with Gasteiger partial charge in [-0.2, -0.15) is 0 Å². The SMILES string of the molecule is CC(C)[C@H](NC(=O)c1cncn1C)c1ccccn1. The molecule has 2 rings (SSSR count). The summed E-state index contributed by atoms with van der Waals surface area (Å²) >= 11 is 0. The van der Waals surface area contributed by atoms with E-state index in [2.05, 4.69) is 29.1 Å². The van der Waals surface area contributed by atoms with E-state index in [1.807, 2.05) is 18.2 Å². The molecule has 0 spiro atoms. The highest BCUT2D eigenvalue weighted by Gasteiger charge is 2.21. The fraction of sp³-hybridized carbons (Fsp3) is 0.357. The number of nitrogens with zero attached hydrogens (tertiary/aromatic N) is 3. The predicted octanol–water partition coefficient (Wildman–Crippen LogP) is 1.94. The van der Waals surface area contributed by atoms with E-state index >= 15 is 0 Å². The number of aromatic nitrogens is 3. The molecule has 2 aromatic heterocycles. The maximum Gasteiger partial charge on any atom is 0.270 e. The highest BCUT2D eigenvalue weighted by molar-refractivity contribution is 5.92. The van der Waals surface area contributed by atoms with Crippen molar-refractivity contribution in [3.63, 3.8) is 0 Å². The Bertz CT molecular complexity index is 548. The first-order chi connectivity index (χ1) is 9.09. The fourth-order valence-electron chi connectivity index (χ4n) is 1.93. The zero-order chi connectivity index (χ0) is 13.8. The van der Waals surface area contributed by atoms with Crippen LogP contribution in [0.15, 0.2) is 36.9 Å². The summed E-state index contributed by atoms with van der Waals surface area (Å²) in [6.45, 7) is 4.12. The molecular formula is C14H18N4O. The maximum absolute atomic E-state index is 12.2. The largest absolute Gasteiger partial charge is 0.342 e. The average molecular weight is 258 g/mol. The zero-order valence-corrected chi connectivity index (χ0v) is 11.4. The molecule has 0 fully saturated rings. The molecule has 1 N–H and O–H groups in total. The Morgan fingerprint density at radius 3 is 2.68 bits per heavy atom. The van der Waals surface area contributed by atoms with Crippen LogP contribution in [-0.4, -0.2) is 20.4 Å². The van der Waals surface area contributed by atoms with E-state index in [4.69, 9.17) is 0 Å². The summed E-state index contributed by atoms with van der Waals surface area (Å²) in [6.07, 6.45) is 4.91. The van der Waals surface area contributed by atoms with Gasteiger partial charge in [-0.15, -0.1) is 0 Å². The van der Waals surface area contributed by atoms with Crippen molar-refractivity contribution in [2.45, 2.75) is 19.9 Å². The lowest BCUT2D eigenvalue weighted by Crippen LogP contribution is -2.33. The van der Waals surface area contributed by atoms with Gasteiger partial charge < -0.3 is 9.88 Å². The van der Waals surface area contributed by atoms with Crippen molar-refractivity contribution in [1.29, 1.82) is 0 Å². The lowest BCUT2D eigenvalue weighted by Gasteiger charge is -2.21. The van der Waals surface area contributed by atoms with E-state index in [0.717, 1.165) is 5.69 Å². The summed E-state index contributed by atoms with van der Waals surface area (Å²) < 4.78 is 1.70. The van der Waals surface area contributed by atoms with Crippen molar-refractivity contribution in [2.75, 3.05) is 0 Å². The molecule has 2 heterocycles. The summed E-state index contributed by atoms with van der Waals surface area (Å²) in [5.74, 6) is 0.122. The average Bonchev–Trinajstić information content (AvgIpc) is 2.82. The van der Waals surface area contributed by atoms with Gasteiger partial charge in [-0.05, 0) is 18.1 Å². The maximum atomic E-state index is 12.2. The van der Waals surface area contributed by atoms with Crippen molar-refractivity contribution < 1.29 is 4.79 Å². The molecule has 0 saturated carbocycles. The molecule has 0 aliphatic rings. The fourth-order valence-corrected chi connectivity index (χ4v) is 1.93. The molecule has 100 valence electrons. The third-order valence-corrected chi connectivity index (χ3v) is 3.01. The van der Waals surface area contributed by atoms with Crippen LogP contribution < -0.4 is 5.32 Å². The second-order valence-electron chi connectivity index (χ2n) is 4.84. The molecule has 1 amide bonds. The van der Waals surface area contributed by atoms with E-state index in [1.165, 1.54) is 0 Å². The standard InChI is InChI=1S/C14H18N4O/c1-10(2)13(11-6-4-5-7-16-11)17-14(19)12-8-15-9-18(12)3/h4-10,13H,1-3H3,(H,17,19)/t13-/m0/s1. The van der Waals surface area contributed by atoms with E-state index in [0.29, 0.717) is 5.69 Å². The van der Waals surface area contributed by atoms with Crippen LogP contribution in [0.5, 0.6) is 0 Å². The molecule has 5 nitrogen and oxygen atoms in total. The van der Waals surface area contributed by atoms with Gasteiger partial charge in [0.1, 0.15) is 5.69 Å². The summed E-state index contributed by atoms with van der Waals surface area (Å²) in [6, 6.07) is 5.61. The lowest BCUT2D eigenvalue weighted by atomic mass is 10.00. The smallest absolute Gasteiger partial charge is 0.270 e. The molecule has 0 bridgehead atoms. The third kappa shape index (κ3) is 2.99. The van der Waals surface area contributed by atoms with Crippen molar-refractivity contribution >= 4 is 5.91 Å². The van der Waals surface area contributed by atoms with Gasteiger partial charge in [0.2, 0.25) is 0 Å². The first-order valence-corrected chi connectivity index (χ1v) is 6.27. The van der Waals surface area contributed by atoms with Gasteiger partial charge in [-0.25, -0.2) is 4.98 Å². The van der Waals surface area contributed by atoms with Crippen LogP contribution in [0.2, 0.25) is 0 Å². The monoisotopic (exact) mass is 258 g/mol. The number of aryl methyl sites for hydroxylation is 1. The van der Waals surface area contributed by atoms with Gasteiger partial charge in [0.05, 0.1) is 24.3 Å².